The highest BCUT2D eigenvalue weighted by Gasteiger charge is 2.64. The van der Waals surface area contributed by atoms with Crippen molar-refractivity contribution in [3.8, 4) is 0 Å². The molecule has 0 radical (unpaired) electrons. The second kappa shape index (κ2) is 9.01. The Bertz CT molecular complexity index is 1150. The minimum absolute atomic E-state index is 0.0618. The molecule has 198 valence electrons. The van der Waals surface area contributed by atoms with Gasteiger partial charge >= 0.3 is 12.1 Å². The summed E-state index contributed by atoms with van der Waals surface area (Å²) in [6.45, 7) is 6.55. The van der Waals surface area contributed by atoms with E-state index < -0.39 is 5.60 Å². The maximum Gasteiger partial charge on any atom is 0.407 e. The number of benzene rings is 1. The molecule has 3 amide bonds. The number of urea groups is 1. The fraction of sp³-hybridized carbons (Fsp3) is 0.630. The molecule has 4 aliphatic rings. The Morgan fingerprint density at radius 2 is 1.95 bits per heavy atom. The lowest BCUT2D eigenvalue weighted by Crippen LogP contribution is -2.46. The van der Waals surface area contributed by atoms with E-state index in [4.69, 9.17) is 14.0 Å². The van der Waals surface area contributed by atoms with Crippen LogP contribution < -0.4 is 5.32 Å². The molecule has 37 heavy (non-hydrogen) atoms. The average molecular weight is 510 g/mol. The summed E-state index contributed by atoms with van der Waals surface area (Å²) < 4.78 is 11.4. The summed E-state index contributed by atoms with van der Waals surface area (Å²) in [5.41, 5.74) is 0.592. The Morgan fingerprint density at radius 3 is 2.65 bits per heavy atom. The standard InChI is InChI=1S/C27H35N5O5/c1-26(2,3)37-24(33)28-19-11-18(12-19)13-22-29-30-23(36-22)20-14-27(9-10-27)21-15-31(20)25(34)32(21)35-16-17-7-5-4-6-8-17/h4-8,18-21H,9-16H2,1-3H3,(H,28,33)/t18?,19?,20-,21-/m0/s1. The SMILES string of the molecule is CC(C)(C)OC(=O)NC1CC(Cc2nnc([C@@H]3CC4(CC4)[C@@H]4CN3C(=O)N4OCc3ccccc3)o2)C1. The fourth-order valence-electron chi connectivity index (χ4n) is 5.94. The summed E-state index contributed by atoms with van der Waals surface area (Å²) in [7, 11) is 0. The number of alkyl carbamates (subject to hydrolysis) is 1. The number of nitrogens with one attached hydrogen (secondary N) is 1. The molecule has 3 heterocycles. The van der Waals surface area contributed by atoms with E-state index in [0.717, 1.165) is 37.7 Å². The number of piperidine rings is 1. The van der Waals surface area contributed by atoms with Gasteiger partial charge in [0.2, 0.25) is 11.8 Å². The first-order valence-electron chi connectivity index (χ1n) is 13.3. The van der Waals surface area contributed by atoms with Crippen molar-refractivity contribution >= 4 is 12.1 Å². The van der Waals surface area contributed by atoms with Gasteiger partial charge in [-0.1, -0.05) is 30.3 Å². The number of hydrogen-bond donors (Lipinski definition) is 1. The Balaban J connectivity index is 1.05. The first-order valence-corrected chi connectivity index (χ1v) is 13.3. The fourth-order valence-corrected chi connectivity index (χ4v) is 5.94. The molecule has 2 atom stereocenters. The second-order valence-corrected chi connectivity index (χ2v) is 12.0. The highest BCUT2D eigenvalue weighted by Crippen LogP contribution is 2.61. The van der Waals surface area contributed by atoms with Gasteiger partial charge in [-0.2, -0.15) is 5.06 Å². The number of carbonyl (C=O) groups excluding carboxylic acids is 2. The van der Waals surface area contributed by atoms with Gasteiger partial charge in [-0.15, -0.1) is 10.2 Å². The molecule has 10 heteroatoms. The first-order chi connectivity index (χ1) is 17.7. The van der Waals surface area contributed by atoms with Crippen LogP contribution in [-0.2, 0) is 22.6 Å². The van der Waals surface area contributed by atoms with Crippen LogP contribution in [0.15, 0.2) is 34.7 Å². The van der Waals surface area contributed by atoms with Crippen LogP contribution in [0.2, 0.25) is 0 Å². The molecule has 10 nitrogen and oxygen atoms in total. The normalized spacial score (nSPS) is 27.8. The van der Waals surface area contributed by atoms with Crippen molar-refractivity contribution in [1.82, 2.24) is 25.5 Å². The number of amides is 3. The zero-order chi connectivity index (χ0) is 25.8. The summed E-state index contributed by atoms with van der Waals surface area (Å²) in [5.74, 6) is 1.47. The van der Waals surface area contributed by atoms with Crippen molar-refractivity contribution in [2.24, 2.45) is 11.3 Å². The Hall–Kier alpha value is -3.14. The number of hydrogen-bond acceptors (Lipinski definition) is 7. The smallest absolute Gasteiger partial charge is 0.407 e. The van der Waals surface area contributed by atoms with Crippen molar-refractivity contribution in [1.29, 1.82) is 0 Å². The van der Waals surface area contributed by atoms with Gasteiger partial charge in [0.15, 0.2) is 0 Å². The second-order valence-electron chi connectivity index (χ2n) is 12.0. The zero-order valence-electron chi connectivity index (χ0n) is 21.7. The molecule has 2 aliphatic carbocycles. The van der Waals surface area contributed by atoms with Gasteiger partial charge in [0, 0.05) is 19.0 Å². The maximum absolute atomic E-state index is 13.4. The van der Waals surface area contributed by atoms with Crippen LogP contribution >= 0.6 is 0 Å². The third-order valence-corrected chi connectivity index (χ3v) is 8.06. The van der Waals surface area contributed by atoms with Gasteiger partial charge in [0.05, 0.1) is 6.04 Å². The van der Waals surface area contributed by atoms with Gasteiger partial charge < -0.3 is 19.4 Å². The van der Waals surface area contributed by atoms with E-state index in [-0.39, 0.29) is 35.7 Å². The summed E-state index contributed by atoms with van der Waals surface area (Å²) in [4.78, 5) is 33.2. The molecular formula is C27H35N5O5. The Morgan fingerprint density at radius 1 is 1.19 bits per heavy atom. The molecular weight excluding hydrogens is 474 g/mol. The quantitative estimate of drug-likeness (QED) is 0.590. The van der Waals surface area contributed by atoms with Crippen molar-refractivity contribution in [3.05, 3.63) is 47.7 Å². The highest BCUT2D eigenvalue weighted by molar-refractivity contribution is 5.77. The minimum atomic E-state index is -0.507. The summed E-state index contributed by atoms with van der Waals surface area (Å²) in [6, 6.07) is 9.74. The van der Waals surface area contributed by atoms with Crippen LogP contribution in [0.25, 0.3) is 0 Å². The van der Waals surface area contributed by atoms with Crippen molar-refractivity contribution < 1.29 is 23.6 Å². The maximum atomic E-state index is 13.4. The molecule has 0 unspecified atom stereocenters. The predicted octanol–water partition coefficient (Wildman–Crippen LogP) is 4.38. The van der Waals surface area contributed by atoms with E-state index in [1.807, 2.05) is 56.0 Å². The van der Waals surface area contributed by atoms with Crippen LogP contribution in [0.4, 0.5) is 9.59 Å². The number of ether oxygens (including phenoxy) is 1. The molecule has 2 saturated heterocycles. The van der Waals surface area contributed by atoms with E-state index >= 15 is 0 Å². The molecule has 1 spiro atoms. The molecule has 2 saturated carbocycles. The van der Waals surface area contributed by atoms with Crippen molar-refractivity contribution in [3.63, 3.8) is 0 Å². The van der Waals surface area contributed by atoms with E-state index in [0.29, 0.717) is 37.3 Å². The Kier molecular flexibility index (Phi) is 5.89. The van der Waals surface area contributed by atoms with Crippen molar-refractivity contribution in [2.45, 2.75) is 89.6 Å². The lowest BCUT2D eigenvalue weighted by molar-refractivity contribution is -0.153. The third-order valence-electron chi connectivity index (χ3n) is 8.06. The van der Waals surface area contributed by atoms with Crippen LogP contribution in [-0.4, -0.2) is 56.5 Å². The minimum Gasteiger partial charge on any atom is -0.444 e. The van der Waals surface area contributed by atoms with Gasteiger partial charge in [-0.3, -0.25) is 4.84 Å². The molecule has 2 bridgehead atoms. The van der Waals surface area contributed by atoms with E-state index in [2.05, 4.69) is 15.5 Å². The molecule has 4 fully saturated rings. The average Bonchev–Trinajstić information content (AvgIpc) is 3.31. The van der Waals surface area contributed by atoms with Gasteiger partial charge in [0.1, 0.15) is 18.2 Å². The predicted molar refractivity (Wildman–Crippen MR) is 132 cm³/mol. The number of aromatic nitrogens is 2. The lowest BCUT2D eigenvalue weighted by atomic mass is 9.78. The monoisotopic (exact) mass is 509 g/mol. The number of nitrogens with zero attached hydrogens (tertiary/aromatic N) is 4. The first kappa shape index (κ1) is 24.2. The van der Waals surface area contributed by atoms with E-state index in [9.17, 15) is 9.59 Å². The van der Waals surface area contributed by atoms with Gasteiger partial charge in [-0.05, 0) is 69.8 Å². The van der Waals surface area contributed by atoms with Crippen LogP contribution in [0.5, 0.6) is 0 Å². The summed E-state index contributed by atoms with van der Waals surface area (Å²) in [6.07, 6.45) is 4.97. The Labute approximate surface area is 216 Å². The molecule has 6 rings (SSSR count). The number of hydroxylamine groups is 2. The molecule has 1 N–H and O–H groups in total. The van der Waals surface area contributed by atoms with Crippen LogP contribution in [0, 0.1) is 11.3 Å². The zero-order valence-corrected chi connectivity index (χ0v) is 21.7. The van der Waals surface area contributed by atoms with Crippen molar-refractivity contribution in [2.75, 3.05) is 6.54 Å². The number of rotatable bonds is 7. The van der Waals surface area contributed by atoms with E-state index in [1.54, 1.807) is 5.06 Å². The van der Waals surface area contributed by atoms with Crippen LogP contribution in [0.3, 0.4) is 0 Å². The topological polar surface area (TPSA) is 110 Å². The number of fused-ring (bicyclic) bond motifs is 3. The highest BCUT2D eigenvalue weighted by atomic mass is 16.7. The van der Waals surface area contributed by atoms with E-state index in [1.165, 1.54) is 0 Å². The van der Waals surface area contributed by atoms with Gasteiger partial charge in [0.25, 0.3) is 0 Å². The number of carbonyl (C=O) groups is 2. The molecule has 2 aromatic rings. The third kappa shape index (κ3) is 4.91. The van der Waals surface area contributed by atoms with Gasteiger partial charge in [-0.25, -0.2) is 9.59 Å². The molecule has 1 aromatic heterocycles. The largest absolute Gasteiger partial charge is 0.444 e. The summed E-state index contributed by atoms with van der Waals surface area (Å²) in [5, 5.41) is 13.2. The molecule has 2 aliphatic heterocycles. The summed E-state index contributed by atoms with van der Waals surface area (Å²) >= 11 is 0. The molecule has 1 aromatic carbocycles. The van der Waals surface area contributed by atoms with Crippen LogP contribution in [0.1, 0.15) is 76.3 Å². The lowest BCUT2D eigenvalue weighted by Gasteiger charge is -2.35.